The van der Waals surface area contributed by atoms with Crippen LogP contribution in [0.5, 0.6) is 0 Å². The number of rotatable bonds is 5. The highest BCUT2D eigenvalue weighted by Crippen LogP contribution is 2.46. The molecule has 0 radical (unpaired) electrons. The first-order valence-electron chi connectivity index (χ1n) is 9.97. The second-order valence-corrected chi connectivity index (χ2v) is 8.77. The maximum absolute atomic E-state index is 12.9. The van der Waals surface area contributed by atoms with Crippen LogP contribution < -0.4 is 10.6 Å². The number of hydrogen-bond donors (Lipinski definition) is 2. The Bertz CT molecular complexity index is 726. The van der Waals surface area contributed by atoms with E-state index in [2.05, 4.69) is 34.2 Å². The zero-order valence-corrected chi connectivity index (χ0v) is 16.5. The van der Waals surface area contributed by atoms with Gasteiger partial charge in [0.15, 0.2) is 0 Å². The first kappa shape index (κ1) is 18.5. The summed E-state index contributed by atoms with van der Waals surface area (Å²) < 4.78 is 5.56. The van der Waals surface area contributed by atoms with E-state index < -0.39 is 0 Å². The van der Waals surface area contributed by atoms with Gasteiger partial charge in [-0.25, -0.2) is 4.79 Å². The van der Waals surface area contributed by atoms with E-state index in [9.17, 15) is 4.79 Å². The van der Waals surface area contributed by atoms with Crippen LogP contribution in [0.25, 0.3) is 0 Å². The van der Waals surface area contributed by atoms with Crippen molar-refractivity contribution in [3.8, 4) is 0 Å². The molecule has 4 nitrogen and oxygen atoms in total. The summed E-state index contributed by atoms with van der Waals surface area (Å²) in [7, 11) is 0. The molecule has 144 valence electrons. The number of ether oxygens (including phenoxy) is 1. The number of amides is 2. The molecule has 27 heavy (non-hydrogen) atoms. The Labute approximate surface area is 165 Å². The molecule has 2 N–H and O–H groups in total. The Morgan fingerprint density at radius 1 is 1.15 bits per heavy atom. The van der Waals surface area contributed by atoms with Gasteiger partial charge in [-0.1, -0.05) is 42.8 Å². The van der Waals surface area contributed by atoms with Gasteiger partial charge >= 0.3 is 6.03 Å². The van der Waals surface area contributed by atoms with Crippen molar-refractivity contribution in [2.24, 2.45) is 5.41 Å². The summed E-state index contributed by atoms with van der Waals surface area (Å²) in [6.45, 7) is 1.65. The van der Waals surface area contributed by atoms with Crippen LogP contribution in [0.1, 0.15) is 48.6 Å². The molecule has 2 aliphatic rings. The summed E-state index contributed by atoms with van der Waals surface area (Å²) in [5, 5.41) is 8.63. The Morgan fingerprint density at radius 3 is 2.70 bits per heavy atom. The second kappa shape index (κ2) is 8.44. The minimum Gasteiger partial charge on any atom is -0.381 e. The van der Waals surface area contributed by atoms with Crippen LogP contribution in [-0.2, 0) is 11.2 Å². The van der Waals surface area contributed by atoms with Crippen molar-refractivity contribution in [3.63, 3.8) is 0 Å². The van der Waals surface area contributed by atoms with Crippen molar-refractivity contribution in [1.82, 2.24) is 10.6 Å². The number of hydrogen-bond acceptors (Lipinski definition) is 3. The summed E-state index contributed by atoms with van der Waals surface area (Å²) in [5.74, 6) is 0. The van der Waals surface area contributed by atoms with E-state index in [-0.39, 0.29) is 23.5 Å². The Balaban J connectivity index is 1.42. The first-order chi connectivity index (χ1) is 13.3. The number of urea groups is 1. The molecule has 1 aromatic heterocycles. The van der Waals surface area contributed by atoms with E-state index in [0.29, 0.717) is 0 Å². The van der Waals surface area contributed by atoms with Crippen molar-refractivity contribution < 1.29 is 9.53 Å². The maximum atomic E-state index is 12.9. The standard InChI is InChI=1S/C22H28N2O2S/c25-21(24-20-9-4-10-22(20)11-13-26-14-12-22)23-18(19-8-5-15-27-19)16-17-6-2-1-3-7-17/h1-3,5-8,15,18,20H,4,9-14,16H2,(H2,23,24,25). The number of nitrogens with one attached hydrogen (secondary N) is 2. The van der Waals surface area contributed by atoms with Gasteiger partial charge in [0, 0.05) is 24.1 Å². The summed E-state index contributed by atoms with van der Waals surface area (Å²) in [5.41, 5.74) is 1.48. The third-order valence-corrected chi connectivity index (χ3v) is 7.16. The third-order valence-electron chi connectivity index (χ3n) is 6.18. The minimum absolute atomic E-state index is 0.000516. The largest absolute Gasteiger partial charge is 0.381 e. The minimum atomic E-state index is -0.0397. The molecule has 1 saturated heterocycles. The number of carbonyl (C=O) groups is 1. The molecular formula is C22H28N2O2S. The lowest BCUT2D eigenvalue weighted by molar-refractivity contribution is 0.00619. The third kappa shape index (κ3) is 4.36. The van der Waals surface area contributed by atoms with Gasteiger partial charge in [0.1, 0.15) is 0 Å². The monoisotopic (exact) mass is 384 g/mol. The number of thiophene rings is 1. The van der Waals surface area contributed by atoms with Gasteiger partial charge in [-0.3, -0.25) is 0 Å². The fourth-order valence-corrected chi connectivity index (χ4v) is 5.44. The van der Waals surface area contributed by atoms with E-state index in [0.717, 1.165) is 38.9 Å². The molecule has 2 amide bonds. The number of carbonyl (C=O) groups excluding carboxylic acids is 1. The molecule has 1 aliphatic heterocycles. The molecule has 0 bridgehead atoms. The van der Waals surface area contributed by atoms with Gasteiger partial charge in [-0.05, 0) is 54.5 Å². The smallest absolute Gasteiger partial charge is 0.315 e. The van der Waals surface area contributed by atoms with Crippen molar-refractivity contribution in [1.29, 1.82) is 0 Å². The van der Waals surface area contributed by atoms with Crippen LogP contribution in [0.4, 0.5) is 4.79 Å². The van der Waals surface area contributed by atoms with Crippen LogP contribution in [-0.4, -0.2) is 25.3 Å². The highest BCUT2D eigenvalue weighted by Gasteiger charge is 2.44. The topological polar surface area (TPSA) is 50.4 Å². The van der Waals surface area contributed by atoms with Crippen LogP contribution >= 0.6 is 11.3 Å². The van der Waals surface area contributed by atoms with Gasteiger partial charge < -0.3 is 15.4 Å². The Morgan fingerprint density at radius 2 is 1.96 bits per heavy atom. The lowest BCUT2D eigenvalue weighted by atomic mass is 9.75. The molecule has 2 atom stereocenters. The maximum Gasteiger partial charge on any atom is 0.315 e. The van der Waals surface area contributed by atoms with Gasteiger partial charge in [-0.2, -0.15) is 0 Å². The van der Waals surface area contributed by atoms with Crippen molar-refractivity contribution in [3.05, 3.63) is 58.3 Å². The molecule has 4 rings (SSSR count). The highest BCUT2D eigenvalue weighted by molar-refractivity contribution is 7.10. The molecule has 1 spiro atoms. The first-order valence-corrected chi connectivity index (χ1v) is 10.9. The summed E-state index contributed by atoms with van der Waals surface area (Å²) in [4.78, 5) is 14.1. The van der Waals surface area contributed by atoms with E-state index in [1.165, 1.54) is 23.3 Å². The quantitative estimate of drug-likeness (QED) is 0.786. The van der Waals surface area contributed by atoms with E-state index in [4.69, 9.17) is 4.74 Å². The molecule has 5 heteroatoms. The fraction of sp³-hybridized carbons (Fsp3) is 0.500. The Hall–Kier alpha value is -1.85. The Kier molecular flexibility index (Phi) is 5.79. The molecule has 2 unspecified atom stereocenters. The fourth-order valence-electron chi connectivity index (χ4n) is 4.66. The van der Waals surface area contributed by atoms with E-state index >= 15 is 0 Å². The SMILES string of the molecule is O=C(NC(Cc1ccccc1)c1cccs1)NC1CCCC12CCOCC2. The van der Waals surface area contributed by atoms with E-state index in [1.54, 1.807) is 11.3 Å². The van der Waals surface area contributed by atoms with Crippen molar-refractivity contribution in [2.45, 2.75) is 50.6 Å². The highest BCUT2D eigenvalue weighted by atomic mass is 32.1. The van der Waals surface area contributed by atoms with Crippen LogP contribution in [0.3, 0.4) is 0 Å². The van der Waals surface area contributed by atoms with Gasteiger partial charge in [-0.15, -0.1) is 11.3 Å². The molecular weight excluding hydrogens is 356 g/mol. The zero-order valence-electron chi connectivity index (χ0n) is 15.7. The molecule has 1 aliphatic carbocycles. The predicted molar refractivity (Wildman–Crippen MR) is 109 cm³/mol. The summed E-state index contributed by atoms with van der Waals surface area (Å²) >= 11 is 1.70. The lowest BCUT2D eigenvalue weighted by Crippen LogP contribution is -2.50. The zero-order chi connectivity index (χ0) is 18.5. The van der Waals surface area contributed by atoms with Crippen molar-refractivity contribution >= 4 is 17.4 Å². The molecule has 2 heterocycles. The molecule has 1 aromatic carbocycles. The van der Waals surface area contributed by atoms with Gasteiger partial charge in [0.2, 0.25) is 0 Å². The summed E-state index contributed by atoms with van der Waals surface area (Å²) in [6, 6.07) is 14.7. The summed E-state index contributed by atoms with van der Waals surface area (Å²) in [6.07, 6.45) is 6.42. The van der Waals surface area contributed by atoms with Gasteiger partial charge in [0.05, 0.1) is 6.04 Å². The van der Waals surface area contributed by atoms with Crippen LogP contribution in [0.2, 0.25) is 0 Å². The van der Waals surface area contributed by atoms with Crippen LogP contribution in [0, 0.1) is 5.41 Å². The van der Waals surface area contributed by atoms with E-state index in [1.807, 2.05) is 24.3 Å². The number of benzene rings is 1. The van der Waals surface area contributed by atoms with Crippen LogP contribution in [0.15, 0.2) is 47.8 Å². The predicted octanol–water partition coefficient (Wildman–Crippen LogP) is 4.68. The lowest BCUT2D eigenvalue weighted by Gasteiger charge is -2.39. The van der Waals surface area contributed by atoms with Gasteiger partial charge in [0.25, 0.3) is 0 Å². The van der Waals surface area contributed by atoms with Crippen molar-refractivity contribution in [2.75, 3.05) is 13.2 Å². The average Bonchev–Trinajstić information content (AvgIpc) is 3.34. The molecule has 1 saturated carbocycles. The second-order valence-electron chi connectivity index (χ2n) is 7.80. The molecule has 2 aromatic rings. The normalized spacial score (nSPS) is 22.4. The molecule has 2 fully saturated rings. The average molecular weight is 385 g/mol.